The molecule has 0 radical (unpaired) electrons. The molecule has 0 saturated heterocycles. The highest BCUT2D eigenvalue weighted by Gasteiger charge is 2.00. The third-order valence-electron chi connectivity index (χ3n) is 1.18. The van der Waals surface area contributed by atoms with Gasteiger partial charge >= 0.3 is 7.82 Å². The molecule has 8 heteroatoms. The van der Waals surface area contributed by atoms with Gasteiger partial charge < -0.3 is 20.1 Å². The van der Waals surface area contributed by atoms with Crippen LogP contribution in [0.5, 0.6) is 0 Å². The van der Waals surface area contributed by atoms with Crippen LogP contribution in [0.1, 0.15) is 5.56 Å². The Morgan fingerprint density at radius 2 is 1.67 bits per heavy atom. The second-order valence-electron chi connectivity index (χ2n) is 2.35. The number of hydrazine groups is 1. The third-order valence-corrected chi connectivity index (χ3v) is 1.18. The maximum absolute atomic E-state index is 8.88. The minimum absolute atomic E-state index is 0.638. The largest absolute Gasteiger partial charge is 0.466 e. The van der Waals surface area contributed by atoms with Crippen LogP contribution in [0.15, 0.2) is 24.3 Å². The summed E-state index contributed by atoms with van der Waals surface area (Å²) in [5.41, 5.74) is 3.91. The molecule has 0 unspecified atom stereocenters. The predicted molar refractivity (Wildman–Crippen MR) is 53.2 cm³/mol. The number of rotatable bonds is 1. The zero-order valence-corrected chi connectivity index (χ0v) is 8.43. The molecule has 1 rings (SSSR count). The van der Waals surface area contributed by atoms with E-state index in [0.29, 0.717) is 5.56 Å². The van der Waals surface area contributed by atoms with Crippen molar-refractivity contribution in [3.63, 3.8) is 0 Å². The van der Waals surface area contributed by atoms with Crippen molar-refractivity contribution in [1.82, 2.24) is 0 Å². The molecule has 0 atom stereocenters. The van der Waals surface area contributed by atoms with E-state index in [2.05, 4.69) is 5.43 Å². The highest BCUT2D eigenvalue weighted by molar-refractivity contribution is 7.45. The average Bonchev–Trinajstić information content (AvgIpc) is 2.15. The number of hydrogen-bond donors (Lipinski definition) is 5. The zero-order valence-electron chi connectivity index (χ0n) is 7.53. The molecular formula is C7H10N3O4P. The minimum Gasteiger partial charge on any atom is -0.324 e. The molecule has 7 nitrogen and oxygen atoms in total. The van der Waals surface area contributed by atoms with E-state index in [1.54, 1.807) is 24.3 Å². The summed E-state index contributed by atoms with van der Waals surface area (Å²) in [5, 5.41) is 8.40. The number of anilines is 1. The lowest BCUT2D eigenvalue weighted by Gasteiger charge is -1.96. The van der Waals surface area contributed by atoms with Gasteiger partial charge in [0.15, 0.2) is 0 Å². The highest BCUT2D eigenvalue weighted by atomic mass is 31.2. The molecule has 0 aliphatic heterocycles. The van der Waals surface area contributed by atoms with Gasteiger partial charge in [-0.05, 0) is 24.3 Å². The van der Waals surface area contributed by atoms with E-state index in [1.165, 1.54) is 0 Å². The SMILES string of the molecule is N#Cc1ccc(NN)cc1.O=P(O)(O)O. The fourth-order valence-electron chi connectivity index (χ4n) is 0.641. The van der Waals surface area contributed by atoms with E-state index >= 15 is 0 Å². The van der Waals surface area contributed by atoms with E-state index in [1.807, 2.05) is 6.07 Å². The first kappa shape index (κ1) is 13.6. The van der Waals surface area contributed by atoms with Crippen LogP contribution in [0.4, 0.5) is 5.69 Å². The number of nitrogen functional groups attached to an aromatic ring is 1. The van der Waals surface area contributed by atoms with Gasteiger partial charge in [0.25, 0.3) is 0 Å². The normalized spacial score (nSPS) is 9.53. The number of nitrogens with zero attached hydrogens (tertiary/aromatic N) is 1. The van der Waals surface area contributed by atoms with Crippen LogP contribution in [0.25, 0.3) is 0 Å². The predicted octanol–water partition coefficient (Wildman–Crippen LogP) is -0.0847. The number of hydrogen-bond acceptors (Lipinski definition) is 4. The lowest BCUT2D eigenvalue weighted by atomic mass is 10.2. The molecule has 1 aromatic rings. The van der Waals surface area contributed by atoms with E-state index in [-0.39, 0.29) is 0 Å². The molecule has 0 saturated carbocycles. The standard InChI is InChI=1S/C7H7N3.H3O4P/c8-5-6-1-3-7(10-9)4-2-6;1-5(2,3)4/h1-4,10H,9H2;(H3,1,2,3,4). The molecule has 0 heterocycles. The molecule has 1 aromatic carbocycles. The van der Waals surface area contributed by atoms with E-state index in [9.17, 15) is 0 Å². The Kier molecular flexibility index (Phi) is 5.56. The molecule has 0 fully saturated rings. The Balaban J connectivity index is 0.000000336. The van der Waals surface area contributed by atoms with Gasteiger partial charge in [0, 0.05) is 5.69 Å². The minimum atomic E-state index is -4.64. The van der Waals surface area contributed by atoms with E-state index in [0.717, 1.165) is 5.69 Å². The molecule has 0 spiro atoms. The Bertz CT molecular complexity index is 372. The van der Waals surface area contributed by atoms with Crippen LogP contribution in [0.2, 0.25) is 0 Å². The number of nitrogens with one attached hydrogen (secondary N) is 1. The molecule has 0 aliphatic rings. The smallest absolute Gasteiger partial charge is 0.324 e. The summed E-state index contributed by atoms with van der Waals surface area (Å²) in [6.07, 6.45) is 0. The summed E-state index contributed by atoms with van der Waals surface area (Å²) in [6, 6.07) is 8.91. The fraction of sp³-hybridized carbons (Fsp3) is 0. The lowest BCUT2D eigenvalue weighted by molar-refractivity contribution is 0.275. The molecule has 0 aliphatic carbocycles. The van der Waals surface area contributed by atoms with Crippen molar-refractivity contribution in [3.8, 4) is 6.07 Å². The van der Waals surface area contributed by atoms with Gasteiger partial charge in [0.1, 0.15) is 0 Å². The number of nitrogens with two attached hydrogens (primary N) is 1. The fourth-order valence-corrected chi connectivity index (χ4v) is 0.641. The Morgan fingerprint density at radius 3 is 1.93 bits per heavy atom. The third kappa shape index (κ3) is 8.90. The van der Waals surface area contributed by atoms with Crippen LogP contribution >= 0.6 is 7.82 Å². The van der Waals surface area contributed by atoms with Crippen LogP contribution in [0, 0.1) is 11.3 Å². The Labute approximate surface area is 86.0 Å². The van der Waals surface area contributed by atoms with Crippen LogP contribution in [-0.2, 0) is 4.57 Å². The highest BCUT2D eigenvalue weighted by Crippen LogP contribution is 2.25. The van der Waals surface area contributed by atoms with Crippen molar-refractivity contribution < 1.29 is 19.2 Å². The van der Waals surface area contributed by atoms with Crippen molar-refractivity contribution in [3.05, 3.63) is 29.8 Å². The topological polar surface area (TPSA) is 140 Å². The van der Waals surface area contributed by atoms with Gasteiger partial charge in [-0.2, -0.15) is 5.26 Å². The van der Waals surface area contributed by atoms with Crippen LogP contribution in [-0.4, -0.2) is 14.7 Å². The second-order valence-corrected chi connectivity index (χ2v) is 3.37. The van der Waals surface area contributed by atoms with Crippen molar-refractivity contribution in [2.24, 2.45) is 5.84 Å². The number of phosphoric acid groups is 1. The van der Waals surface area contributed by atoms with Gasteiger partial charge in [-0.25, -0.2) is 4.57 Å². The van der Waals surface area contributed by atoms with Gasteiger partial charge in [0.2, 0.25) is 0 Å². The number of benzene rings is 1. The molecule has 82 valence electrons. The molecule has 6 N–H and O–H groups in total. The maximum Gasteiger partial charge on any atom is 0.466 e. The Hall–Kier alpha value is -1.42. The number of nitriles is 1. The first-order valence-corrected chi connectivity index (χ1v) is 5.18. The Morgan fingerprint density at radius 1 is 1.27 bits per heavy atom. The first-order valence-electron chi connectivity index (χ1n) is 3.62. The van der Waals surface area contributed by atoms with Crippen molar-refractivity contribution in [1.29, 1.82) is 5.26 Å². The zero-order chi connectivity index (χ0) is 11.9. The molecule has 0 amide bonds. The molecular weight excluding hydrogens is 221 g/mol. The van der Waals surface area contributed by atoms with Gasteiger partial charge in [-0.3, -0.25) is 5.84 Å². The molecule has 0 aromatic heterocycles. The second kappa shape index (κ2) is 6.14. The van der Waals surface area contributed by atoms with Crippen LogP contribution in [0.3, 0.4) is 0 Å². The van der Waals surface area contributed by atoms with Crippen molar-refractivity contribution in [2.45, 2.75) is 0 Å². The quantitative estimate of drug-likeness (QED) is 0.258. The average molecular weight is 231 g/mol. The van der Waals surface area contributed by atoms with E-state index in [4.69, 9.17) is 30.3 Å². The van der Waals surface area contributed by atoms with Gasteiger partial charge in [-0.15, -0.1) is 0 Å². The maximum atomic E-state index is 8.88. The molecule has 0 bridgehead atoms. The summed E-state index contributed by atoms with van der Waals surface area (Å²) in [5.74, 6) is 5.11. The molecule has 15 heavy (non-hydrogen) atoms. The van der Waals surface area contributed by atoms with Crippen LogP contribution < -0.4 is 11.3 Å². The summed E-state index contributed by atoms with van der Waals surface area (Å²) in [6.45, 7) is 0. The van der Waals surface area contributed by atoms with Crippen molar-refractivity contribution in [2.75, 3.05) is 5.43 Å². The van der Waals surface area contributed by atoms with Gasteiger partial charge in [-0.1, -0.05) is 0 Å². The summed E-state index contributed by atoms with van der Waals surface area (Å²) in [7, 11) is -4.64. The summed E-state index contributed by atoms with van der Waals surface area (Å²) < 4.78 is 8.88. The first-order chi connectivity index (χ1) is 6.86. The van der Waals surface area contributed by atoms with Crippen molar-refractivity contribution >= 4 is 13.5 Å². The summed E-state index contributed by atoms with van der Waals surface area (Å²) >= 11 is 0. The van der Waals surface area contributed by atoms with E-state index < -0.39 is 7.82 Å². The lowest BCUT2D eigenvalue weighted by Crippen LogP contribution is -2.05. The summed E-state index contributed by atoms with van der Waals surface area (Å²) in [4.78, 5) is 21.6. The monoisotopic (exact) mass is 231 g/mol. The van der Waals surface area contributed by atoms with Gasteiger partial charge in [0.05, 0.1) is 11.6 Å².